The van der Waals surface area contributed by atoms with Crippen LogP contribution in [0.3, 0.4) is 0 Å². The van der Waals surface area contributed by atoms with Crippen LogP contribution in [0.5, 0.6) is 0 Å². The van der Waals surface area contributed by atoms with E-state index in [9.17, 15) is 21.2 Å². The van der Waals surface area contributed by atoms with Crippen molar-refractivity contribution in [1.29, 1.82) is 0 Å². The van der Waals surface area contributed by atoms with Gasteiger partial charge in [-0.1, -0.05) is 30.3 Å². The minimum Gasteiger partial charge on any atom is -0.312 e. The first-order chi connectivity index (χ1) is 13.2. The highest BCUT2D eigenvalue weighted by atomic mass is 32.2. The lowest BCUT2D eigenvalue weighted by Gasteiger charge is -2.20. The summed E-state index contributed by atoms with van der Waals surface area (Å²) < 4.78 is 63.8. The summed E-state index contributed by atoms with van der Waals surface area (Å²) >= 11 is 0. The van der Waals surface area contributed by atoms with Gasteiger partial charge in [0.1, 0.15) is 5.82 Å². The Hall–Kier alpha value is -1.77. The Balaban J connectivity index is 1.71. The van der Waals surface area contributed by atoms with Crippen LogP contribution in [0.4, 0.5) is 4.39 Å². The van der Waals surface area contributed by atoms with E-state index >= 15 is 0 Å². The van der Waals surface area contributed by atoms with E-state index in [1.165, 1.54) is 24.6 Å². The third-order valence-electron chi connectivity index (χ3n) is 5.05. The number of benzene rings is 2. The molecule has 3 rings (SSSR count). The fourth-order valence-electron chi connectivity index (χ4n) is 3.51. The van der Waals surface area contributed by atoms with Gasteiger partial charge in [0.25, 0.3) is 0 Å². The number of rotatable bonds is 7. The molecule has 152 valence electrons. The van der Waals surface area contributed by atoms with E-state index in [-0.39, 0.29) is 16.2 Å². The molecule has 1 fully saturated rings. The highest BCUT2D eigenvalue weighted by Gasteiger charge is 2.45. The number of sulfone groups is 2. The molecule has 0 spiro atoms. The Kier molecular flexibility index (Phi) is 6.21. The summed E-state index contributed by atoms with van der Waals surface area (Å²) in [5, 5.41) is 2.06. The molecule has 8 heteroatoms. The zero-order chi connectivity index (χ0) is 20.4. The van der Waals surface area contributed by atoms with Gasteiger partial charge in [0, 0.05) is 6.04 Å². The summed E-state index contributed by atoms with van der Waals surface area (Å²) in [6, 6.07) is 12.8. The maximum absolute atomic E-state index is 13.5. The second kappa shape index (κ2) is 8.31. The SMILES string of the molecule is Cc1cc(S(=O)(=O)[C@@H]2CS(=O)(=O)C[C@H]2NCCCc2ccccc2)ccc1F. The smallest absolute Gasteiger partial charge is 0.183 e. The molecule has 28 heavy (non-hydrogen) atoms. The predicted molar refractivity (Wildman–Crippen MR) is 107 cm³/mol. The quantitative estimate of drug-likeness (QED) is 0.544. The zero-order valence-corrected chi connectivity index (χ0v) is 17.3. The van der Waals surface area contributed by atoms with Crippen LogP contribution in [0.25, 0.3) is 0 Å². The Morgan fingerprint density at radius 1 is 1.11 bits per heavy atom. The van der Waals surface area contributed by atoms with Gasteiger partial charge in [-0.2, -0.15) is 0 Å². The number of halogens is 1. The third-order valence-corrected chi connectivity index (χ3v) is 9.20. The van der Waals surface area contributed by atoms with Crippen LogP contribution in [0, 0.1) is 12.7 Å². The van der Waals surface area contributed by atoms with Crippen LogP contribution in [0.15, 0.2) is 53.4 Å². The van der Waals surface area contributed by atoms with Gasteiger partial charge < -0.3 is 5.32 Å². The molecule has 1 saturated heterocycles. The number of hydrogen-bond donors (Lipinski definition) is 1. The zero-order valence-electron chi connectivity index (χ0n) is 15.6. The maximum Gasteiger partial charge on any atom is 0.183 e. The lowest BCUT2D eigenvalue weighted by Crippen LogP contribution is -2.43. The second-order valence-corrected chi connectivity index (χ2v) is 11.5. The van der Waals surface area contributed by atoms with E-state index in [4.69, 9.17) is 0 Å². The van der Waals surface area contributed by atoms with Crippen molar-refractivity contribution in [3.05, 3.63) is 65.5 Å². The lowest BCUT2D eigenvalue weighted by molar-refractivity contribution is 0.519. The standard InChI is InChI=1S/C20H24FNO4S2/c1-15-12-17(9-10-18(15)21)28(25,26)20-14-27(23,24)13-19(20)22-11-5-8-16-6-3-2-4-7-16/h2-4,6-7,9-10,12,19-20,22H,5,8,11,13-14H2,1H3/t19-,20-/m1/s1. The Bertz CT molecular complexity index is 1040. The van der Waals surface area contributed by atoms with Gasteiger partial charge in [-0.05, 0) is 55.6 Å². The molecule has 1 heterocycles. The first-order valence-electron chi connectivity index (χ1n) is 9.17. The van der Waals surface area contributed by atoms with Gasteiger partial charge >= 0.3 is 0 Å². The Labute approximate surface area is 165 Å². The first kappa shape index (κ1) is 21.0. The third kappa shape index (κ3) is 4.79. The summed E-state index contributed by atoms with van der Waals surface area (Å²) in [6.45, 7) is 2.00. The summed E-state index contributed by atoms with van der Waals surface area (Å²) in [7, 11) is -7.35. The van der Waals surface area contributed by atoms with Gasteiger partial charge in [-0.25, -0.2) is 21.2 Å². The Morgan fingerprint density at radius 2 is 1.82 bits per heavy atom. The second-order valence-electron chi connectivity index (χ2n) is 7.22. The average molecular weight is 426 g/mol. The fraction of sp³-hybridized carbons (Fsp3) is 0.400. The van der Waals surface area contributed by atoms with Gasteiger partial charge in [0.05, 0.1) is 21.7 Å². The summed E-state index contributed by atoms with van der Waals surface area (Å²) in [4.78, 5) is -0.0374. The molecular formula is C20H24FNO4S2. The van der Waals surface area contributed by atoms with E-state index in [0.29, 0.717) is 6.54 Å². The van der Waals surface area contributed by atoms with E-state index in [0.717, 1.165) is 18.9 Å². The molecule has 0 aromatic heterocycles. The number of nitrogens with one attached hydrogen (secondary N) is 1. The predicted octanol–water partition coefficient (Wildman–Crippen LogP) is 2.30. The normalized spacial score (nSPS) is 21.6. The number of aryl methyl sites for hydroxylation is 2. The molecule has 1 aliphatic heterocycles. The van der Waals surface area contributed by atoms with Crippen molar-refractivity contribution >= 4 is 19.7 Å². The van der Waals surface area contributed by atoms with E-state index < -0.39 is 42.5 Å². The summed E-state index contributed by atoms with van der Waals surface area (Å²) in [6.07, 6.45) is 1.59. The molecule has 0 saturated carbocycles. The van der Waals surface area contributed by atoms with Crippen LogP contribution >= 0.6 is 0 Å². The monoisotopic (exact) mass is 425 g/mol. The minimum atomic E-state index is -3.90. The topological polar surface area (TPSA) is 80.3 Å². The van der Waals surface area contributed by atoms with Crippen molar-refractivity contribution in [2.75, 3.05) is 18.1 Å². The van der Waals surface area contributed by atoms with Crippen LogP contribution in [-0.2, 0) is 26.1 Å². The molecule has 0 bridgehead atoms. The summed E-state index contributed by atoms with van der Waals surface area (Å²) in [5.74, 6) is -1.11. The average Bonchev–Trinajstić information content (AvgIpc) is 2.97. The minimum absolute atomic E-state index is 0.0374. The van der Waals surface area contributed by atoms with Crippen molar-refractivity contribution < 1.29 is 21.2 Å². The van der Waals surface area contributed by atoms with Crippen LogP contribution in [0.2, 0.25) is 0 Å². The van der Waals surface area contributed by atoms with Crippen molar-refractivity contribution in [1.82, 2.24) is 5.32 Å². The van der Waals surface area contributed by atoms with Gasteiger partial charge in [0.2, 0.25) is 0 Å². The van der Waals surface area contributed by atoms with E-state index in [1.54, 1.807) is 0 Å². The molecule has 0 aliphatic carbocycles. The lowest BCUT2D eigenvalue weighted by atomic mass is 10.1. The highest BCUT2D eigenvalue weighted by Crippen LogP contribution is 2.27. The van der Waals surface area contributed by atoms with Crippen molar-refractivity contribution in [3.63, 3.8) is 0 Å². The van der Waals surface area contributed by atoms with Crippen molar-refractivity contribution in [3.8, 4) is 0 Å². The van der Waals surface area contributed by atoms with Crippen molar-refractivity contribution in [2.45, 2.75) is 36.0 Å². The first-order valence-corrected chi connectivity index (χ1v) is 12.5. The maximum atomic E-state index is 13.5. The molecular weight excluding hydrogens is 401 g/mol. The van der Waals surface area contributed by atoms with Gasteiger partial charge in [-0.15, -0.1) is 0 Å². The molecule has 1 N–H and O–H groups in total. The highest BCUT2D eigenvalue weighted by molar-refractivity contribution is 7.96. The van der Waals surface area contributed by atoms with E-state index in [1.807, 2.05) is 30.3 Å². The van der Waals surface area contributed by atoms with Gasteiger partial charge in [0.15, 0.2) is 19.7 Å². The molecule has 0 unspecified atom stereocenters. The molecule has 2 atom stereocenters. The van der Waals surface area contributed by atoms with Crippen molar-refractivity contribution in [2.24, 2.45) is 0 Å². The molecule has 2 aromatic carbocycles. The fourth-order valence-corrected chi connectivity index (χ4v) is 8.31. The van der Waals surface area contributed by atoms with Crippen LogP contribution in [-0.4, -0.2) is 46.2 Å². The molecule has 1 aliphatic rings. The van der Waals surface area contributed by atoms with E-state index in [2.05, 4.69) is 5.32 Å². The van der Waals surface area contributed by atoms with Gasteiger partial charge in [-0.3, -0.25) is 0 Å². The largest absolute Gasteiger partial charge is 0.312 e. The molecule has 2 aromatic rings. The van der Waals surface area contributed by atoms with Crippen LogP contribution < -0.4 is 5.32 Å². The Morgan fingerprint density at radius 3 is 2.50 bits per heavy atom. The molecule has 5 nitrogen and oxygen atoms in total. The summed E-state index contributed by atoms with van der Waals surface area (Å²) in [5.41, 5.74) is 1.39. The number of hydrogen-bond acceptors (Lipinski definition) is 5. The molecule has 0 amide bonds. The molecule has 0 radical (unpaired) electrons. The van der Waals surface area contributed by atoms with Crippen LogP contribution in [0.1, 0.15) is 17.5 Å².